The van der Waals surface area contributed by atoms with E-state index in [2.05, 4.69) is 0 Å². The van der Waals surface area contributed by atoms with Crippen LogP contribution < -0.4 is 0 Å². The molecule has 0 unspecified atom stereocenters. The summed E-state index contributed by atoms with van der Waals surface area (Å²) in [6.45, 7) is 0. The van der Waals surface area contributed by atoms with Crippen LogP contribution in [0.25, 0.3) is 5.69 Å². The number of carboxylic acids is 1. The van der Waals surface area contributed by atoms with Crippen LogP contribution in [0.4, 0.5) is 0 Å². The number of carbonyl (C=O) groups is 1. The summed E-state index contributed by atoms with van der Waals surface area (Å²) < 4.78 is 1.90. The predicted molar refractivity (Wildman–Crippen MR) is 58.4 cm³/mol. The number of hydrogen-bond donors (Lipinski definition) is 2. The maximum atomic E-state index is 10.6. The second-order valence-electron chi connectivity index (χ2n) is 3.42. The van der Waals surface area contributed by atoms with Gasteiger partial charge in [-0.2, -0.15) is 0 Å². The fourth-order valence-electron chi connectivity index (χ4n) is 1.48. The summed E-state index contributed by atoms with van der Waals surface area (Å²) >= 11 is 0. The van der Waals surface area contributed by atoms with Gasteiger partial charge in [-0.3, -0.25) is 0 Å². The fraction of sp³-hybridized carbons (Fsp3) is 0.0833. The number of rotatable bonds is 3. The Labute approximate surface area is 92.4 Å². The summed E-state index contributed by atoms with van der Waals surface area (Å²) in [5, 5.41) is 17.9. The van der Waals surface area contributed by atoms with Crippen LogP contribution in [0.1, 0.15) is 11.7 Å². The van der Waals surface area contributed by atoms with Crippen molar-refractivity contribution in [1.29, 1.82) is 0 Å². The lowest BCUT2D eigenvalue weighted by atomic mass is 10.1. The summed E-state index contributed by atoms with van der Waals surface area (Å²) in [7, 11) is 0. The lowest BCUT2D eigenvalue weighted by Gasteiger charge is -2.07. The molecule has 2 N–H and O–H groups in total. The van der Waals surface area contributed by atoms with Crippen molar-refractivity contribution in [3.05, 3.63) is 54.4 Å². The van der Waals surface area contributed by atoms with Crippen LogP contribution in [0.2, 0.25) is 0 Å². The highest BCUT2D eigenvalue weighted by atomic mass is 16.4. The predicted octanol–water partition coefficient (Wildman–Crippen LogP) is 1.60. The van der Waals surface area contributed by atoms with Crippen LogP contribution in [0.5, 0.6) is 0 Å². The van der Waals surface area contributed by atoms with Crippen molar-refractivity contribution in [3.8, 4) is 5.69 Å². The first-order valence-electron chi connectivity index (χ1n) is 4.82. The molecule has 16 heavy (non-hydrogen) atoms. The Morgan fingerprint density at radius 3 is 2.19 bits per heavy atom. The number of carboxylic acid groups (broad SMARTS) is 1. The fourth-order valence-corrected chi connectivity index (χ4v) is 1.48. The van der Waals surface area contributed by atoms with Gasteiger partial charge in [0.1, 0.15) is 0 Å². The van der Waals surface area contributed by atoms with Crippen molar-refractivity contribution < 1.29 is 15.0 Å². The van der Waals surface area contributed by atoms with Crippen LogP contribution >= 0.6 is 0 Å². The van der Waals surface area contributed by atoms with Gasteiger partial charge in [0.2, 0.25) is 0 Å². The number of aliphatic hydroxyl groups is 1. The minimum atomic E-state index is -1.46. The van der Waals surface area contributed by atoms with Gasteiger partial charge >= 0.3 is 5.97 Å². The molecule has 0 fully saturated rings. The number of aliphatic carboxylic acids is 1. The van der Waals surface area contributed by atoms with Gasteiger partial charge in [-0.1, -0.05) is 12.1 Å². The molecule has 1 aromatic carbocycles. The third kappa shape index (κ3) is 1.97. The molecule has 0 saturated carbocycles. The maximum absolute atomic E-state index is 10.6. The van der Waals surface area contributed by atoms with E-state index in [1.54, 1.807) is 24.3 Å². The lowest BCUT2D eigenvalue weighted by molar-refractivity contribution is -0.146. The van der Waals surface area contributed by atoms with E-state index in [9.17, 15) is 9.90 Å². The molecule has 2 rings (SSSR count). The first-order chi connectivity index (χ1) is 7.68. The van der Waals surface area contributed by atoms with E-state index in [4.69, 9.17) is 5.11 Å². The Morgan fingerprint density at radius 2 is 1.69 bits per heavy atom. The highest BCUT2D eigenvalue weighted by Gasteiger charge is 2.15. The molecule has 0 aliphatic carbocycles. The number of aliphatic hydroxyl groups excluding tert-OH is 1. The van der Waals surface area contributed by atoms with E-state index in [0.29, 0.717) is 5.56 Å². The van der Waals surface area contributed by atoms with Gasteiger partial charge in [-0.05, 0) is 29.8 Å². The molecule has 1 atom stereocenters. The standard InChI is InChI=1S/C12H11NO3/c14-11(12(15)16)9-3-5-10(6-4-9)13-7-1-2-8-13/h1-8,11,14H,(H,15,16)/t11-/m0/s1. The Balaban J connectivity index is 2.26. The molecular formula is C12H11NO3. The maximum Gasteiger partial charge on any atom is 0.337 e. The average Bonchev–Trinajstić information content (AvgIpc) is 2.81. The minimum Gasteiger partial charge on any atom is -0.479 e. The summed E-state index contributed by atoms with van der Waals surface area (Å²) in [6, 6.07) is 10.5. The average molecular weight is 217 g/mol. The van der Waals surface area contributed by atoms with Crippen LogP contribution in [0.3, 0.4) is 0 Å². The van der Waals surface area contributed by atoms with E-state index in [0.717, 1.165) is 5.69 Å². The van der Waals surface area contributed by atoms with Crippen molar-refractivity contribution in [2.45, 2.75) is 6.10 Å². The van der Waals surface area contributed by atoms with Gasteiger partial charge in [-0.15, -0.1) is 0 Å². The van der Waals surface area contributed by atoms with Gasteiger partial charge in [0.15, 0.2) is 6.10 Å². The molecule has 4 heteroatoms. The monoisotopic (exact) mass is 217 g/mol. The van der Waals surface area contributed by atoms with Crippen molar-refractivity contribution in [2.24, 2.45) is 0 Å². The molecular weight excluding hydrogens is 206 g/mol. The Bertz CT molecular complexity index is 473. The van der Waals surface area contributed by atoms with Gasteiger partial charge in [-0.25, -0.2) is 4.79 Å². The van der Waals surface area contributed by atoms with Crippen LogP contribution in [0, 0.1) is 0 Å². The second-order valence-corrected chi connectivity index (χ2v) is 3.42. The molecule has 2 aromatic rings. The summed E-state index contributed by atoms with van der Waals surface area (Å²) in [6.07, 6.45) is 2.32. The number of hydrogen-bond acceptors (Lipinski definition) is 2. The molecule has 1 aromatic heterocycles. The van der Waals surface area contributed by atoms with Crippen molar-refractivity contribution >= 4 is 5.97 Å². The molecule has 0 amide bonds. The van der Waals surface area contributed by atoms with Crippen LogP contribution in [-0.4, -0.2) is 20.7 Å². The van der Waals surface area contributed by atoms with Gasteiger partial charge in [0.25, 0.3) is 0 Å². The largest absolute Gasteiger partial charge is 0.479 e. The van der Waals surface area contributed by atoms with E-state index >= 15 is 0 Å². The normalized spacial score (nSPS) is 12.3. The van der Waals surface area contributed by atoms with Crippen LogP contribution in [0.15, 0.2) is 48.8 Å². The van der Waals surface area contributed by atoms with E-state index in [-0.39, 0.29) is 0 Å². The van der Waals surface area contributed by atoms with Gasteiger partial charge < -0.3 is 14.8 Å². The third-order valence-corrected chi connectivity index (χ3v) is 2.35. The molecule has 82 valence electrons. The Morgan fingerprint density at radius 1 is 1.12 bits per heavy atom. The quantitative estimate of drug-likeness (QED) is 0.820. The highest BCUT2D eigenvalue weighted by molar-refractivity contribution is 5.74. The second kappa shape index (κ2) is 4.20. The van der Waals surface area contributed by atoms with E-state index in [1.807, 2.05) is 29.1 Å². The third-order valence-electron chi connectivity index (χ3n) is 2.35. The van der Waals surface area contributed by atoms with Crippen LogP contribution in [-0.2, 0) is 4.79 Å². The van der Waals surface area contributed by atoms with Crippen molar-refractivity contribution in [1.82, 2.24) is 4.57 Å². The topological polar surface area (TPSA) is 62.5 Å². The van der Waals surface area contributed by atoms with Crippen molar-refractivity contribution in [2.75, 3.05) is 0 Å². The number of aromatic nitrogens is 1. The summed E-state index contributed by atoms with van der Waals surface area (Å²) in [4.78, 5) is 10.6. The molecule has 0 bridgehead atoms. The summed E-state index contributed by atoms with van der Waals surface area (Å²) in [5.41, 5.74) is 1.30. The molecule has 0 saturated heterocycles. The van der Waals surface area contributed by atoms with E-state index in [1.165, 1.54) is 0 Å². The molecule has 4 nitrogen and oxygen atoms in total. The smallest absolute Gasteiger partial charge is 0.337 e. The zero-order chi connectivity index (χ0) is 11.5. The zero-order valence-corrected chi connectivity index (χ0v) is 8.45. The first kappa shape index (κ1) is 10.4. The molecule has 0 radical (unpaired) electrons. The molecule has 0 aliphatic heterocycles. The number of nitrogens with zero attached hydrogens (tertiary/aromatic N) is 1. The molecule has 0 spiro atoms. The Hall–Kier alpha value is -2.07. The Kier molecular flexibility index (Phi) is 2.74. The lowest BCUT2D eigenvalue weighted by Crippen LogP contribution is -2.10. The van der Waals surface area contributed by atoms with Gasteiger partial charge in [0, 0.05) is 18.1 Å². The SMILES string of the molecule is O=C(O)[C@@H](O)c1ccc(-n2cccc2)cc1. The number of benzene rings is 1. The van der Waals surface area contributed by atoms with Gasteiger partial charge in [0.05, 0.1) is 0 Å². The van der Waals surface area contributed by atoms with E-state index < -0.39 is 12.1 Å². The zero-order valence-electron chi connectivity index (χ0n) is 8.45. The summed E-state index contributed by atoms with van der Waals surface area (Å²) in [5.74, 6) is -1.24. The minimum absolute atomic E-state index is 0.378. The first-order valence-corrected chi connectivity index (χ1v) is 4.82. The van der Waals surface area contributed by atoms with Crippen molar-refractivity contribution in [3.63, 3.8) is 0 Å². The molecule has 1 heterocycles. The molecule has 0 aliphatic rings. The highest BCUT2D eigenvalue weighted by Crippen LogP contribution is 2.16.